The van der Waals surface area contributed by atoms with Crippen LogP contribution < -0.4 is 16.0 Å². The fraction of sp³-hybridized carbons (Fsp3) is 0.333. The van der Waals surface area contributed by atoms with E-state index in [0.717, 1.165) is 32.0 Å². The highest BCUT2D eigenvalue weighted by molar-refractivity contribution is 5.79. The highest BCUT2D eigenvalue weighted by Crippen LogP contribution is 2.37. The van der Waals surface area contributed by atoms with Gasteiger partial charge in [-0.05, 0) is 25.0 Å². The predicted octanol–water partition coefficient (Wildman–Crippen LogP) is 3.42. The van der Waals surface area contributed by atoms with E-state index in [1.165, 1.54) is 24.5 Å². The first-order chi connectivity index (χ1) is 11.0. The number of alkyl halides is 3. The Balaban J connectivity index is 1.94. The van der Waals surface area contributed by atoms with E-state index in [0.29, 0.717) is 5.82 Å². The Hall–Kier alpha value is -2.51. The summed E-state index contributed by atoms with van der Waals surface area (Å²) >= 11 is 0. The van der Waals surface area contributed by atoms with Gasteiger partial charge < -0.3 is 16.0 Å². The Kier molecular flexibility index (Phi) is 3.97. The van der Waals surface area contributed by atoms with Gasteiger partial charge in [0.25, 0.3) is 0 Å². The van der Waals surface area contributed by atoms with E-state index in [2.05, 4.69) is 15.3 Å². The molecule has 0 saturated carbocycles. The van der Waals surface area contributed by atoms with E-state index >= 15 is 0 Å². The average molecular weight is 323 g/mol. The van der Waals surface area contributed by atoms with E-state index in [4.69, 9.17) is 5.73 Å². The Morgan fingerprint density at radius 1 is 1.09 bits per heavy atom. The van der Waals surface area contributed by atoms with Crippen molar-refractivity contribution in [3.63, 3.8) is 0 Å². The fourth-order valence-corrected chi connectivity index (χ4v) is 2.63. The van der Waals surface area contributed by atoms with Gasteiger partial charge in [0.1, 0.15) is 12.0 Å². The molecule has 0 spiro atoms. The molecule has 2 aromatic rings. The molecular formula is C15H16F3N5. The zero-order valence-corrected chi connectivity index (χ0v) is 12.3. The molecule has 1 saturated heterocycles. The van der Waals surface area contributed by atoms with E-state index in [1.807, 2.05) is 4.90 Å². The molecule has 8 heteroatoms. The number of rotatable bonds is 3. The lowest BCUT2D eigenvalue weighted by molar-refractivity contribution is -0.136. The number of halogens is 3. The lowest BCUT2D eigenvalue weighted by Gasteiger charge is -2.20. The molecule has 3 rings (SSSR count). The molecule has 23 heavy (non-hydrogen) atoms. The van der Waals surface area contributed by atoms with Crippen molar-refractivity contribution < 1.29 is 13.2 Å². The van der Waals surface area contributed by atoms with Crippen LogP contribution in [0.25, 0.3) is 0 Å². The van der Waals surface area contributed by atoms with E-state index < -0.39 is 11.7 Å². The van der Waals surface area contributed by atoms with Crippen LogP contribution in [0.4, 0.5) is 36.2 Å². The molecular weight excluding hydrogens is 307 g/mol. The number of nitrogens with two attached hydrogens (primary N) is 1. The van der Waals surface area contributed by atoms with Gasteiger partial charge in [-0.3, -0.25) is 0 Å². The van der Waals surface area contributed by atoms with Gasteiger partial charge in [0.05, 0.1) is 11.3 Å². The molecule has 1 fully saturated rings. The highest BCUT2D eigenvalue weighted by atomic mass is 19.4. The van der Waals surface area contributed by atoms with Gasteiger partial charge in [-0.2, -0.15) is 13.2 Å². The van der Waals surface area contributed by atoms with E-state index in [-0.39, 0.29) is 17.2 Å². The number of nitrogens with one attached hydrogen (secondary N) is 1. The van der Waals surface area contributed by atoms with Gasteiger partial charge in [0.15, 0.2) is 11.6 Å². The second kappa shape index (κ2) is 5.94. The third-order valence-electron chi connectivity index (χ3n) is 3.75. The standard InChI is InChI=1S/C15H16F3N5/c16-15(17,18)10-5-1-2-6-11(10)22-13-12(19)14(21-9-20-13)23-7-3-4-8-23/h1-2,5-6,9H,3-4,7-8,19H2,(H,20,21,22). The van der Waals surface area contributed by atoms with Crippen LogP contribution in [-0.2, 0) is 6.18 Å². The summed E-state index contributed by atoms with van der Waals surface area (Å²) in [5.74, 6) is 0.739. The quantitative estimate of drug-likeness (QED) is 0.906. The molecule has 3 N–H and O–H groups in total. The first-order valence-corrected chi connectivity index (χ1v) is 7.25. The highest BCUT2D eigenvalue weighted by Gasteiger charge is 2.33. The minimum atomic E-state index is -4.46. The molecule has 1 aromatic carbocycles. The second-order valence-electron chi connectivity index (χ2n) is 5.32. The summed E-state index contributed by atoms with van der Waals surface area (Å²) in [6.07, 6.45) is -1.06. The third kappa shape index (κ3) is 3.15. The molecule has 1 aliphatic rings. The molecule has 0 radical (unpaired) electrons. The van der Waals surface area contributed by atoms with Crippen LogP contribution in [0.5, 0.6) is 0 Å². The van der Waals surface area contributed by atoms with Crippen molar-refractivity contribution in [3.05, 3.63) is 36.2 Å². The Morgan fingerprint density at radius 3 is 2.48 bits per heavy atom. The number of hydrogen-bond donors (Lipinski definition) is 2. The van der Waals surface area contributed by atoms with Gasteiger partial charge in [-0.15, -0.1) is 0 Å². The minimum Gasteiger partial charge on any atom is -0.393 e. The Labute approximate surface area is 131 Å². The second-order valence-corrected chi connectivity index (χ2v) is 5.32. The van der Waals surface area contributed by atoms with Crippen LogP contribution in [0.15, 0.2) is 30.6 Å². The largest absolute Gasteiger partial charge is 0.418 e. The number of hydrogen-bond acceptors (Lipinski definition) is 5. The number of nitrogen functional groups attached to an aromatic ring is 1. The summed E-state index contributed by atoms with van der Waals surface area (Å²) in [7, 11) is 0. The maximum absolute atomic E-state index is 13.1. The van der Waals surface area contributed by atoms with Crippen LogP contribution in [-0.4, -0.2) is 23.1 Å². The van der Waals surface area contributed by atoms with Gasteiger partial charge in [-0.25, -0.2) is 9.97 Å². The molecule has 0 aliphatic carbocycles. The number of para-hydroxylation sites is 1. The van der Waals surface area contributed by atoms with Gasteiger partial charge in [-0.1, -0.05) is 12.1 Å². The minimum absolute atomic E-state index is 0.0854. The van der Waals surface area contributed by atoms with Crippen LogP contribution in [0.3, 0.4) is 0 Å². The lowest BCUT2D eigenvalue weighted by atomic mass is 10.1. The number of aromatic nitrogens is 2. The lowest BCUT2D eigenvalue weighted by Crippen LogP contribution is -2.21. The number of benzene rings is 1. The number of nitrogens with zero attached hydrogens (tertiary/aromatic N) is 3. The van der Waals surface area contributed by atoms with Crippen LogP contribution in [0.1, 0.15) is 18.4 Å². The molecule has 1 aliphatic heterocycles. The molecule has 5 nitrogen and oxygen atoms in total. The van der Waals surface area contributed by atoms with Crippen molar-refractivity contribution in [1.82, 2.24) is 9.97 Å². The molecule has 0 amide bonds. The van der Waals surface area contributed by atoms with Crippen LogP contribution in [0, 0.1) is 0 Å². The smallest absolute Gasteiger partial charge is 0.393 e. The maximum Gasteiger partial charge on any atom is 0.418 e. The van der Waals surface area contributed by atoms with E-state index in [9.17, 15) is 13.2 Å². The van der Waals surface area contributed by atoms with Crippen molar-refractivity contribution in [2.75, 3.05) is 29.0 Å². The number of anilines is 4. The SMILES string of the molecule is Nc1c(Nc2ccccc2C(F)(F)F)ncnc1N1CCCC1. The predicted molar refractivity (Wildman–Crippen MR) is 82.6 cm³/mol. The maximum atomic E-state index is 13.1. The summed E-state index contributed by atoms with van der Waals surface area (Å²) in [6, 6.07) is 5.23. The average Bonchev–Trinajstić information content (AvgIpc) is 3.03. The summed E-state index contributed by atoms with van der Waals surface area (Å²) in [4.78, 5) is 10.2. The first kappa shape index (κ1) is 15.4. The molecule has 2 heterocycles. The van der Waals surface area contributed by atoms with Crippen molar-refractivity contribution >= 4 is 23.0 Å². The summed E-state index contributed by atoms with van der Waals surface area (Å²) < 4.78 is 39.2. The van der Waals surface area contributed by atoms with Crippen molar-refractivity contribution in [2.45, 2.75) is 19.0 Å². The fourth-order valence-electron chi connectivity index (χ4n) is 2.63. The Morgan fingerprint density at radius 2 is 1.78 bits per heavy atom. The summed E-state index contributed by atoms with van der Waals surface area (Å²) in [6.45, 7) is 1.67. The molecule has 0 bridgehead atoms. The molecule has 0 unspecified atom stereocenters. The zero-order valence-electron chi connectivity index (χ0n) is 12.3. The third-order valence-corrected chi connectivity index (χ3v) is 3.75. The van der Waals surface area contributed by atoms with Crippen LogP contribution in [0.2, 0.25) is 0 Å². The first-order valence-electron chi connectivity index (χ1n) is 7.25. The monoisotopic (exact) mass is 323 g/mol. The molecule has 0 atom stereocenters. The molecule has 1 aromatic heterocycles. The summed E-state index contributed by atoms with van der Waals surface area (Å²) in [5.41, 5.74) is 5.47. The zero-order chi connectivity index (χ0) is 16.4. The Bertz CT molecular complexity index is 696. The van der Waals surface area contributed by atoms with Crippen LogP contribution >= 0.6 is 0 Å². The van der Waals surface area contributed by atoms with Crippen molar-refractivity contribution in [1.29, 1.82) is 0 Å². The normalized spacial score (nSPS) is 15.0. The summed E-state index contributed by atoms with van der Waals surface area (Å²) in [5, 5.41) is 2.69. The molecule has 122 valence electrons. The van der Waals surface area contributed by atoms with E-state index in [1.54, 1.807) is 0 Å². The van der Waals surface area contributed by atoms with Gasteiger partial charge in [0, 0.05) is 13.1 Å². The topological polar surface area (TPSA) is 67.1 Å². The van der Waals surface area contributed by atoms with Crippen molar-refractivity contribution in [3.8, 4) is 0 Å². The van der Waals surface area contributed by atoms with Crippen molar-refractivity contribution in [2.24, 2.45) is 0 Å². The van der Waals surface area contributed by atoms with Gasteiger partial charge in [0.2, 0.25) is 0 Å². The van der Waals surface area contributed by atoms with Gasteiger partial charge >= 0.3 is 6.18 Å².